The first-order valence-corrected chi connectivity index (χ1v) is 9.17. The van der Waals surface area contributed by atoms with Gasteiger partial charge >= 0.3 is 0 Å². The van der Waals surface area contributed by atoms with Gasteiger partial charge < -0.3 is 15.4 Å². The van der Waals surface area contributed by atoms with Crippen molar-refractivity contribution in [3.05, 3.63) is 30.3 Å². The smallest absolute Gasteiger partial charge is 0.239 e. The van der Waals surface area contributed by atoms with E-state index in [0.717, 1.165) is 24.7 Å². The fourth-order valence-corrected chi connectivity index (χ4v) is 3.27. The summed E-state index contributed by atoms with van der Waals surface area (Å²) < 4.78 is 5.49. The molecule has 1 atom stereocenters. The third-order valence-corrected chi connectivity index (χ3v) is 4.97. The molecule has 0 unspecified atom stereocenters. The minimum atomic E-state index is -0.230. The molecular formula is C19H27N3O3. The highest BCUT2D eigenvalue weighted by Crippen LogP contribution is 2.28. The van der Waals surface area contributed by atoms with E-state index in [-0.39, 0.29) is 24.3 Å². The molecule has 3 rings (SSSR count). The molecule has 1 heterocycles. The van der Waals surface area contributed by atoms with E-state index in [0.29, 0.717) is 19.8 Å². The van der Waals surface area contributed by atoms with E-state index in [1.165, 1.54) is 19.3 Å². The van der Waals surface area contributed by atoms with Crippen LogP contribution in [0.15, 0.2) is 30.3 Å². The van der Waals surface area contributed by atoms with Gasteiger partial charge in [0.15, 0.2) is 0 Å². The summed E-state index contributed by atoms with van der Waals surface area (Å²) in [6, 6.07) is 9.10. The van der Waals surface area contributed by atoms with Crippen LogP contribution < -0.4 is 10.6 Å². The number of benzene rings is 1. The van der Waals surface area contributed by atoms with Crippen LogP contribution in [0.5, 0.6) is 0 Å². The van der Waals surface area contributed by atoms with Crippen LogP contribution in [0.25, 0.3) is 0 Å². The second kappa shape index (κ2) is 8.97. The number of rotatable bonds is 7. The Bertz CT molecular complexity index is 575. The van der Waals surface area contributed by atoms with Gasteiger partial charge in [-0.05, 0) is 30.9 Å². The first kappa shape index (κ1) is 17.9. The lowest BCUT2D eigenvalue weighted by Crippen LogP contribution is -2.55. The molecule has 136 valence electrons. The van der Waals surface area contributed by atoms with E-state index in [2.05, 4.69) is 15.5 Å². The van der Waals surface area contributed by atoms with Crippen molar-refractivity contribution in [3.8, 4) is 0 Å². The van der Waals surface area contributed by atoms with Gasteiger partial charge in [0.1, 0.15) is 6.04 Å². The largest absolute Gasteiger partial charge is 0.378 e. The maximum absolute atomic E-state index is 12.5. The van der Waals surface area contributed by atoms with Gasteiger partial charge in [-0.3, -0.25) is 14.5 Å². The maximum Gasteiger partial charge on any atom is 0.239 e. The Hall–Kier alpha value is -1.92. The van der Waals surface area contributed by atoms with Crippen LogP contribution in [0.4, 0.5) is 5.69 Å². The molecule has 1 aromatic rings. The molecule has 1 saturated heterocycles. The van der Waals surface area contributed by atoms with Crippen LogP contribution in [-0.4, -0.2) is 55.6 Å². The number of anilines is 1. The fourth-order valence-electron chi connectivity index (χ4n) is 3.27. The van der Waals surface area contributed by atoms with Crippen LogP contribution in [0.1, 0.15) is 25.7 Å². The molecule has 25 heavy (non-hydrogen) atoms. The molecule has 2 aliphatic rings. The van der Waals surface area contributed by atoms with Gasteiger partial charge in [0.2, 0.25) is 11.8 Å². The number of morpholine rings is 1. The van der Waals surface area contributed by atoms with Crippen molar-refractivity contribution >= 4 is 17.5 Å². The Morgan fingerprint density at radius 3 is 2.72 bits per heavy atom. The average Bonchev–Trinajstić information content (AvgIpc) is 2.59. The average molecular weight is 345 g/mol. The zero-order valence-electron chi connectivity index (χ0n) is 14.6. The van der Waals surface area contributed by atoms with Gasteiger partial charge in [-0.25, -0.2) is 0 Å². The molecule has 1 aromatic carbocycles. The van der Waals surface area contributed by atoms with Gasteiger partial charge in [0.25, 0.3) is 0 Å². The maximum atomic E-state index is 12.5. The summed E-state index contributed by atoms with van der Waals surface area (Å²) in [6.45, 7) is 3.26. The summed E-state index contributed by atoms with van der Waals surface area (Å²) in [5, 5.41) is 5.71. The van der Waals surface area contributed by atoms with Crippen LogP contribution in [0, 0.1) is 5.92 Å². The predicted molar refractivity (Wildman–Crippen MR) is 96.2 cm³/mol. The van der Waals surface area contributed by atoms with Crippen molar-refractivity contribution in [1.29, 1.82) is 0 Å². The van der Waals surface area contributed by atoms with E-state index in [1.807, 2.05) is 30.3 Å². The zero-order chi connectivity index (χ0) is 17.5. The minimum Gasteiger partial charge on any atom is -0.378 e. The number of amides is 2. The Labute approximate surface area is 148 Å². The second-order valence-electron chi connectivity index (χ2n) is 6.84. The monoisotopic (exact) mass is 345 g/mol. The quantitative estimate of drug-likeness (QED) is 0.788. The van der Waals surface area contributed by atoms with E-state index in [9.17, 15) is 9.59 Å². The number of nitrogens with one attached hydrogen (secondary N) is 2. The van der Waals surface area contributed by atoms with Gasteiger partial charge in [-0.1, -0.05) is 24.6 Å². The highest BCUT2D eigenvalue weighted by molar-refractivity contribution is 5.91. The third kappa shape index (κ3) is 5.28. The highest BCUT2D eigenvalue weighted by atomic mass is 16.5. The van der Waals surface area contributed by atoms with E-state index < -0.39 is 0 Å². The molecule has 1 saturated carbocycles. The summed E-state index contributed by atoms with van der Waals surface area (Å²) in [7, 11) is 0. The molecular weight excluding hydrogens is 318 g/mol. The van der Waals surface area contributed by atoms with Gasteiger partial charge in [-0.2, -0.15) is 0 Å². The molecule has 1 aliphatic heterocycles. The SMILES string of the molecule is O=C(CCNC(=O)[C@@H]1COCCN1CC1CCC1)Nc1ccccc1. The molecule has 0 spiro atoms. The van der Waals surface area contributed by atoms with Gasteiger partial charge in [0.05, 0.1) is 13.2 Å². The molecule has 0 bridgehead atoms. The number of hydrogen-bond acceptors (Lipinski definition) is 4. The summed E-state index contributed by atoms with van der Waals surface area (Å²) in [6.07, 6.45) is 4.11. The first-order chi connectivity index (χ1) is 12.2. The lowest BCUT2D eigenvalue weighted by atomic mass is 9.84. The normalized spacial score (nSPS) is 21.4. The molecule has 0 radical (unpaired) electrons. The lowest BCUT2D eigenvalue weighted by molar-refractivity contribution is -0.133. The van der Waals surface area contributed by atoms with Crippen molar-refractivity contribution in [2.75, 3.05) is 38.2 Å². The summed E-state index contributed by atoms with van der Waals surface area (Å²) in [5.74, 6) is 0.592. The Morgan fingerprint density at radius 2 is 2.00 bits per heavy atom. The van der Waals surface area contributed by atoms with Crippen LogP contribution >= 0.6 is 0 Å². The molecule has 6 nitrogen and oxygen atoms in total. The van der Waals surface area contributed by atoms with Crippen molar-refractivity contribution in [2.45, 2.75) is 31.7 Å². The van der Waals surface area contributed by atoms with E-state index >= 15 is 0 Å². The molecule has 0 aromatic heterocycles. The van der Waals surface area contributed by atoms with Crippen molar-refractivity contribution in [3.63, 3.8) is 0 Å². The lowest BCUT2D eigenvalue weighted by Gasteiger charge is -2.39. The van der Waals surface area contributed by atoms with Crippen molar-refractivity contribution in [2.24, 2.45) is 5.92 Å². The number of hydrogen-bond donors (Lipinski definition) is 2. The van der Waals surface area contributed by atoms with Crippen LogP contribution in [-0.2, 0) is 14.3 Å². The fraction of sp³-hybridized carbons (Fsp3) is 0.579. The Balaban J connectivity index is 1.40. The summed E-state index contributed by atoms with van der Waals surface area (Å²) >= 11 is 0. The predicted octanol–water partition coefficient (Wildman–Crippen LogP) is 1.63. The topological polar surface area (TPSA) is 70.7 Å². The van der Waals surface area contributed by atoms with Crippen molar-refractivity contribution < 1.29 is 14.3 Å². The second-order valence-corrected chi connectivity index (χ2v) is 6.84. The third-order valence-electron chi connectivity index (χ3n) is 4.97. The Kier molecular flexibility index (Phi) is 6.42. The number of para-hydroxylation sites is 1. The Morgan fingerprint density at radius 1 is 1.20 bits per heavy atom. The summed E-state index contributed by atoms with van der Waals surface area (Å²) in [5.41, 5.74) is 0.770. The van der Waals surface area contributed by atoms with Crippen LogP contribution in [0.3, 0.4) is 0 Å². The van der Waals surface area contributed by atoms with Gasteiger partial charge in [-0.15, -0.1) is 0 Å². The summed E-state index contributed by atoms with van der Waals surface area (Å²) in [4.78, 5) is 26.6. The number of ether oxygens (including phenoxy) is 1. The molecule has 6 heteroatoms. The highest BCUT2D eigenvalue weighted by Gasteiger charge is 2.32. The van der Waals surface area contributed by atoms with E-state index in [4.69, 9.17) is 4.74 Å². The standard InChI is InChI=1S/C19H27N3O3/c23-18(21-16-7-2-1-3-8-16)9-10-20-19(24)17-14-25-12-11-22(17)13-15-5-4-6-15/h1-3,7-8,15,17H,4-6,9-14H2,(H,20,24)(H,21,23)/t17-/m0/s1. The molecule has 2 N–H and O–H groups in total. The molecule has 2 fully saturated rings. The molecule has 1 aliphatic carbocycles. The van der Waals surface area contributed by atoms with Crippen LogP contribution in [0.2, 0.25) is 0 Å². The number of carbonyl (C=O) groups excluding carboxylic acids is 2. The molecule has 2 amide bonds. The number of carbonyl (C=O) groups is 2. The minimum absolute atomic E-state index is 0.0356. The van der Waals surface area contributed by atoms with Crippen molar-refractivity contribution in [1.82, 2.24) is 10.2 Å². The van der Waals surface area contributed by atoms with Gasteiger partial charge in [0, 0.05) is 31.7 Å². The number of nitrogens with zero attached hydrogens (tertiary/aromatic N) is 1. The first-order valence-electron chi connectivity index (χ1n) is 9.17. The zero-order valence-corrected chi connectivity index (χ0v) is 14.6. The van der Waals surface area contributed by atoms with E-state index in [1.54, 1.807) is 0 Å².